The maximum absolute atomic E-state index is 10.0. The zero-order chi connectivity index (χ0) is 27.3. The molecule has 0 amide bonds. The van der Waals surface area contributed by atoms with Gasteiger partial charge in [-0.25, -0.2) is 0 Å². The van der Waals surface area contributed by atoms with E-state index in [-0.39, 0.29) is 0 Å². The Morgan fingerprint density at radius 3 is 2.27 bits per heavy atom. The Labute approximate surface area is 235 Å². The Morgan fingerprint density at radius 2 is 1.45 bits per heavy atom. The molecule has 0 saturated carbocycles. The van der Waals surface area contributed by atoms with Crippen molar-refractivity contribution < 1.29 is 0 Å². The lowest BCUT2D eigenvalue weighted by atomic mass is 10.0. The van der Waals surface area contributed by atoms with E-state index in [0.29, 0.717) is 5.56 Å². The van der Waals surface area contributed by atoms with Gasteiger partial charge in [0.1, 0.15) is 6.07 Å². The Balaban J connectivity index is 1.67. The lowest BCUT2D eigenvalue weighted by Gasteiger charge is -2.32. The van der Waals surface area contributed by atoms with Crippen LogP contribution in [0.15, 0.2) is 139 Å². The fraction of sp³-hybridized carbons (Fsp3) is 0.0541. The van der Waals surface area contributed by atoms with Gasteiger partial charge in [-0.2, -0.15) is 5.26 Å². The molecule has 0 fully saturated rings. The van der Waals surface area contributed by atoms with Gasteiger partial charge in [-0.05, 0) is 64.8 Å². The molecule has 1 aliphatic heterocycles. The summed E-state index contributed by atoms with van der Waals surface area (Å²) < 4.78 is 2.28. The molecule has 3 heteroatoms. The molecule has 6 aromatic rings. The van der Waals surface area contributed by atoms with Crippen molar-refractivity contribution in [1.29, 1.82) is 5.26 Å². The molecule has 2 nitrogen and oxygen atoms in total. The molecule has 0 aliphatic carbocycles. The van der Waals surface area contributed by atoms with Crippen LogP contribution in [-0.2, 0) is 0 Å². The normalized spacial score (nSPS) is 16.4. The standard InChI is InChI=1S/C37H28N2Si/c1-3-4-14-26(2)40(28-16-6-5-7-17-28)36-22-13-10-19-30(36)32-23-35-31(24-37(32)40)29-18-9-12-21-34(29)39(35)33-20-11-8-15-27(33)25-38/h3-24H,1-2H3/b4-3-,26-14+. The largest absolute Gasteiger partial charge is 0.308 e. The minimum Gasteiger partial charge on any atom is -0.308 e. The summed E-state index contributed by atoms with van der Waals surface area (Å²) in [6.07, 6.45) is 6.61. The Hall–Kier alpha value is -4.91. The van der Waals surface area contributed by atoms with Crippen LogP contribution in [0.4, 0.5) is 0 Å². The Morgan fingerprint density at radius 1 is 0.725 bits per heavy atom. The number of aromatic nitrogens is 1. The molecule has 1 atom stereocenters. The van der Waals surface area contributed by atoms with Gasteiger partial charge in [0.2, 0.25) is 0 Å². The van der Waals surface area contributed by atoms with Crippen LogP contribution in [0.5, 0.6) is 0 Å². The summed E-state index contributed by atoms with van der Waals surface area (Å²) in [4.78, 5) is 0. The van der Waals surface area contributed by atoms with E-state index in [1.807, 2.05) is 18.2 Å². The van der Waals surface area contributed by atoms with Gasteiger partial charge in [0, 0.05) is 10.8 Å². The Kier molecular flexibility index (Phi) is 5.66. The highest BCUT2D eigenvalue weighted by Crippen LogP contribution is 2.39. The molecule has 7 rings (SSSR count). The fourth-order valence-corrected chi connectivity index (χ4v) is 12.0. The van der Waals surface area contributed by atoms with Gasteiger partial charge in [-0.3, -0.25) is 0 Å². The molecule has 1 aromatic heterocycles. The minimum atomic E-state index is -2.53. The van der Waals surface area contributed by atoms with Crippen molar-refractivity contribution in [3.05, 3.63) is 144 Å². The van der Waals surface area contributed by atoms with E-state index in [9.17, 15) is 5.26 Å². The Bertz CT molecular complexity index is 2040. The van der Waals surface area contributed by atoms with Crippen molar-refractivity contribution in [3.63, 3.8) is 0 Å². The number of fused-ring (bicyclic) bond motifs is 6. The van der Waals surface area contributed by atoms with Crippen LogP contribution in [0, 0.1) is 11.3 Å². The smallest absolute Gasteiger partial charge is 0.176 e. The van der Waals surface area contributed by atoms with Crippen molar-refractivity contribution in [2.75, 3.05) is 0 Å². The van der Waals surface area contributed by atoms with E-state index in [2.05, 4.69) is 140 Å². The molecular formula is C37H28N2Si. The third-order valence-electron chi connectivity index (χ3n) is 8.44. The average molecular weight is 529 g/mol. The summed E-state index contributed by atoms with van der Waals surface area (Å²) in [7, 11) is -2.53. The van der Waals surface area contributed by atoms with Crippen molar-refractivity contribution >= 4 is 45.4 Å². The van der Waals surface area contributed by atoms with Crippen LogP contribution in [0.1, 0.15) is 19.4 Å². The molecule has 190 valence electrons. The van der Waals surface area contributed by atoms with Crippen molar-refractivity contribution in [2.45, 2.75) is 13.8 Å². The number of nitriles is 1. The highest BCUT2D eigenvalue weighted by atomic mass is 28.3. The number of allylic oxidation sites excluding steroid dienone is 4. The highest BCUT2D eigenvalue weighted by molar-refractivity contribution is 7.18. The van der Waals surface area contributed by atoms with Crippen LogP contribution >= 0.6 is 0 Å². The molecule has 40 heavy (non-hydrogen) atoms. The number of nitrogens with zero attached hydrogens (tertiary/aromatic N) is 2. The zero-order valence-electron chi connectivity index (χ0n) is 22.6. The third-order valence-corrected chi connectivity index (χ3v) is 13.5. The van der Waals surface area contributed by atoms with E-state index in [4.69, 9.17) is 0 Å². The zero-order valence-corrected chi connectivity index (χ0v) is 23.6. The molecule has 1 unspecified atom stereocenters. The predicted molar refractivity (Wildman–Crippen MR) is 171 cm³/mol. The van der Waals surface area contributed by atoms with Crippen LogP contribution in [0.25, 0.3) is 38.6 Å². The van der Waals surface area contributed by atoms with Crippen LogP contribution in [0.2, 0.25) is 0 Å². The third kappa shape index (κ3) is 3.27. The van der Waals surface area contributed by atoms with Gasteiger partial charge < -0.3 is 4.57 Å². The van der Waals surface area contributed by atoms with Crippen LogP contribution in [-0.4, -0.2) is 12.6 Å². The van der Waals surface area contributed by atoms with Crippen molar-refractivity contribution in [1.82, 2.24) is 4.57 Å². The van der Waals surface area contributed by atoms with Crippen molar-refractivity contribution in [2.24, 2.45) is 0 Å². The first-order chi connectivity index (χ1) is 19.7. The maximum atomic E-state index is 10.0. The van der Waals surface area contributed by atoms with Crippen LogP contribution in [0.3, 0.4) is 0 Å². The second-order valence-electron chi connectivity index (χ2n) is 10.4. The van der Waals surface area contributed by atoms with Gasteiger partial charge in [0.15, 0.2) is 8.07 Å². The van der Waals surface area contributed by atoms with Gasteiger partial charge in [0.25, 0.3) is 0 Å². The lowest BCUT2D eigenvalue weighted by molar-refractivity contribution is 1.17. The molecule has 2 heterocycles. The summed E-state index contributed by atoms with van der Waals surface area (Å²) in [6.45, 7) is 4.40. The van der Waals surface area contributed by atoms with E-state index >= 15 is 0 Å². The predicted octanol–water partition coefficient (Wildman–Crippen LogP) is 7.17. The molecule has 0 bridgehead atoms. The SMILES string of the molecule is C/C=C\C=C(/C)[Si]1(c2ccccc2)c2ccccc2-c2cc3c(cc21)c1ccccc1n3-c1ccccc1C#N. The summed E-state index contributed by atoms with van der Waals surface area (Å²) in [5.41, 5.74) is 6.44. The topological polar surface area (TPSA) is 28.7 Å². The maximum Gasteiger partial charge on any atom is 0.176 e. The molecular weight excluding hydrogens is 501 g/mol. The number of benzene rings is 5. The van der Waals surface area contributed by atoms with Gasteiger partial charge in [0.05, 0.1) is 22.3 Å². The highest BCUT2D eigenvalue weighted by Gasteiger charge is 2.48. The number of hydrogen-bond donors (Lipinski definition) is 0. The number of hydrogen-bond acceptors (Lipinski definition) is 1. The number of para-hydroxylation sites is 2. The van der Waals surface area contributed by atoms with E-state index in [0.717, 1.165) is 16.7 Å². The van der Waals surface area contributed by atoms with Crippen LogP contribution < -0.4 is 15.6 Å². The first-order valence-corrected chi connectivity index (χ1v) is 15.7. The number of rotatable bonds is 4. The second-order valence-corrected chi connectivity index (χ2v) is 14.4. The molecule has 0 spiro atoms. The van der Waals surface area contributed by atoms with Gasteiger partial charge >= 0.3 is 0 Å². The first kappa shape index (κ1) is 24.1. The second kappa shape index (κ2) is 9.38. The summed E-state index contributed by atoms with van der Waals surface area (Å²) >= 11 is 0. The average Bonchev–Trinajstić information content (AvgIpc) is 3.49. The molecule has 1 aliphatic rings. The lowest BCUT2D eigenvalue weighted by Crippen LogP contribution is -2.66. The molecule has 5 aromatic carbocycles. The van der Waals surface area contributed by atoms with Gasteiger partial charge in [-0.15, -0.1) is 0 Å². The van der Waals surface area contributed by atoms with Gasteiger partial charge in [-0.1, -0.05) is 114 Å². The monoisotopic (exact) mass is 528 g/mol. The van der Waals surface area contributed by atoms with Crippen molar-refractivity contribution in [3.8, 4) is 22.9 Å². The fourth-order valence-electron chi connectivity index (χ4n) is 6.78. The van der Waals surface area contributed by atoms with E-state index in [1.54, 1.807) is 0 Å². The summed E-state index contributed by atoms with van der Waals surface area (Å²) in [5, 5.41) is 18.1. The summed E-state index contributed by atoms with van der Waals surface area (Å²) in [6, 6.07) is 43.9. The molecule has 0 radical (unpaired) electrons. The van der Waals surface area contributed by atoms with E-state index < -0.39 is 8.07 Å². The summed E-state index contributed by atoms with van der Waals surface area (Å²) in [5.74, 6) is 0. The van der Waals surface area contributed by atoms with E-state index in [1.165, 1.54) is 42.7 Å². The first-order valence-electron chi connectivity index (χ1n) is 13.7. The molecule has 0 saturated heterocycles. The minimum absolute atomic E-state index is 0.671. The molecule has 0 N–H and O–H groups in total. The quantitative estimate of drug-likeness (QED) is 0.176.